The summed E-state index contributed by atoms with van der Waals surface area (Å²) in [5.74, 6) is -1.30. The molecule has 1 N–H and O–H groups in total. The molecule has 1 aliphatic carbocycles. The third kappa shape index (κ3) is 5.31. The fourth-order valence-corrected chi connectivity index (χ4v) is 3.12. The molecule has 142 valence electrons. The molecule has 0 radical (unpaired) electrons. The Bertz CT molecular complexity index is 681. The zero-order valence-electron chi connectivity index (χ0n) is 15.8. The van der Waals surface area contributed by atoms with Crippen molar-refractivity contribution in [2.45, 2.75) is 58.6 Å². The smallest absolute Gasteiger partial charge is 0.411 e. The number of ketones is 1. The second-order valence-corrected chi connectivity index (χ2v) is 7.96. The first-order valence-electron chi connectivity index (χ1n) is 8.86. The van der Waals surface area contributed by atoms with Crippen molar-refractivity contribution in [2.75, 3.05) is 6.54 Å². The van der Waals surface area contributed by atoms with E-state index in [2.05, 4.69) is 0 Å². The lowest BCUT2D eigenvalue weighted by Gasteiger charge is -2.26. The lowest BCUT2D eigenvalue weighted by molar-refractivity contribution is -0.142. The number of allylic oxidation sites excluding steroid dienone is 6. The fraction of sp³-hybridized carbons (Fsp3) is 0.550. The van der Waals surface area contributed by atoms with E-state index in [9.17, 15) is 19.5 Å². The van der Waals surface area contributed by atoms with E-state index in [-0.39, 0.29) is 31.1 Å². The molecule has 6 heteroatoms. The van der Waals surface area contributed by atoms with Crippen molar-refractivity contribution in [1.29, 1.82) is 0 Å². The first kappa shape index (κ1) is 19.9. The molecule has 0 bridgehead atoms. The SMILES string of the molecule is CC1=CC=C(C(=O)CC2CC(C(=O)O)N(C(=O)OC(C)(C)C)C2)C=CC1. The molecule has 0 aromatic heterocycles. The van der Waals surface area contributed by atoms with Crippen LogP contribution in [0.1, 0.15) is 47.0 Å². The number of hydrogen-bond acceptors (Lipinski definition) is 4. The number of carboxylic acid groups (broad SMARTS) is 1. The molecule has 0 spiro atoms. The highest BCUT2D eigenvalue weighted by Gasteiger charge is 2.42. The standard InChI is InChI=1S/C20H27NO5/c1-13-6-5-7-15(9-8-13)17(22)11-14-10-16(18(23)24)21(12-14)19(25)26-20(2,3)4/h5,7-9,14,16H,6,10-12H2,1-4H3,(H,23,24). The largest absolute Gasteiger partial charge is 0.480 e. The normalized spacial score (nSPS) is 23.2. The van der Waals surface area contributed by atoms with E-state index in [1.54, 1.807) is 26.8 Å². The highest BCUT2D eigenvalue weighted by molar-refractivity contribution is 5.98. The van der Waals surface area contributed by atoms with Crippen molar-refractivity contribution in [1.82, 2.24) is 4.90 Å². The van der Waals surface area contributed by atoms with E-state index >= 15 is 0 Å². The minimum Gasteiger partial charge on any atom is -0.480 e. The zero-order chi connectivity index (χ0) is 19.5. The average molecular weight is 361 g/mol. The lowest BCUT2D eigenvalue weighted by atomic mass is 9.95. The molecule has 0 aromatic carbocycles. The number of amides is 1. The number of aliphatic carboxylic acids is 1. The van der Waals surface area contributed by atoms with Crippen molar-refractivity contribution in [3.05, 3.63) is 35.5 Å². The summed E-state index contributed by atoms with van der Waals surface area (Å²) >= 11 is 0. The summed E-state index contributed by atoms with van der Waals surface area (Å²) in [7, 11) is 0. The van der Waals surface area contributed by atoms with E-state index < -0.39 is 23.7 Å². The summed E-state index contributed by atoms with van der Waals surface area (Å²) in [6.45, 7) is 7.42. The van der Waals surface area contributed by atoms with Crippen LogP contribution in [-0.4, -0.2) is 46.0 Å². The quantitative estimate of drug-likeness (QED) is 0.829. The van der Waals surface area contributed by atoms with Crippen LogP contribution < -0.4 is 0 Å². The summed E-state index contributed by atoms with van der Waals surface area (Å²) in [6.07, 6.45) is 8.12. The van der Waals surface area contributed by atoms with Crippen molar-refractivity contribution in [3.63, 3.8) is 0 Å². The molecule has 2 unspecified atom stereocenters. The van der Waals surface area contributed by atoms with Crippen LogP contribution in [0.15, 0.2) is 35.5 Å². The second-order valence-electron chi connectivity index (χ2n) is 7.96. The third-order valence-corrected chi connectivity index (χ3v) is 4.38. The monoisotopic (exact) mass is 361 g/mol. The molecule has 26 heavy (non-hydrogen) atoms. The van der Waals surface area contributed by atoms with Crippen molar-refractivity contribution in [2.24, 2.45) is 5.92 Å². The number of ether oxygens (including phenoxy) is 1. The first-order valence-corrected chi connectivity index (χ1v) is 8.86. The number of carbonyl (C=O) groups is 3. The van der Waals surface area contributed by atoms with Crippen LogP contribution in [0.3, 0.4) is 0 Å². The highest BCUT2D eigenvalue weighted by Crippen LogP contribution is 2.29. The number of carbonyl (C=O) groups excluding carboxylic acids is 2. The van der Waals surface area contributed by atoms with Gasteiger partial charge in [0.25, 0.3) is 0 Å². The number of likely N-dealkylation sites (tertiary alicyclic amines) is 1. The van der Waals surface area contributed by atoms with Gasteiger partial charge in [0, 0.05) is 18.5 Å². The maximum absolute atomic E-state index is 12.6. The Morgan fingerprint density at radius 3 is 2.58 bits per heavy atom. The Labute approximate surface area is 154 Å². The maximum atomic E-state index is 12.6. The minimum atomic E-state index is -1.07. The Morgan fingerprint density at radius 1 is 1.27 bits per heavy atom. The van der Waals surface area contributed by atoms with Gasteiger partial charge in [0.05, 0.1) is 0 Å². The van der Waals surface area contributed by atoms with Gasteiger partial charge >= 0.3 is 12.1 Å². The van der Waals surface area contributed by atoms with Gasteiger partial charge < -0.3 is 9.84 Å². The molecule has 1 fully saturated rings. The Hall–Kier alpha value is -2.37. The van der Waals surface area contributed by atoms with Crippen molar-refractivity contribution in [3.8, 4) is 0 Å². The topological polar surface area (TPSA) is 83.9 Å². The molecule has 1 saturated heterocycles. The van der Waals surface area contributed by atoms with Crippen LogP contribution in [-0.2, 0) is 14.3 Å². The van der Waals surface area contributed by atoms with E-state index in [4.69, 9.17) is 4.74 Å². The summed E-state index contributed by atoms with van der Waals surface area (Å²) in [5.41, 5.74) is 1.09. The van der Waals surface area contributed by atoms with Crippen LogP contribution in [0, 0.1) is 5.92 Å². The van der Waals surface area contributed by atoms with Crippen LogP contribution in [0.5, 0.6) is 0 Å². The number of carboxylic acids is 1. The van der Waals surface area contributed by atoms with Gasteiger partial charge in [-0.25, -0.2) is 9.59 Å². The summed E-state index contributed by atoms with van der Waals surface area (Å²) in [5, 5.41) is 9.43. The average Bonchev–Trinajstić information content (AvgIpc) is 2.81. The van der Waals surface area contributed by atoms with Gasteiger partial charge in [0.1, 0.15) is 11.6 Å². The summed E-state index contributed by atoms with van der Waals surface area (Å²) in [6, 6.07) is -0.955. The van der Waals surface area contributed by atoms with E-state index in [0.29, 0.717) is 5.57 Å². The van der Waals surface area contributed by atoms with E-state index in [1.807, 2.05) is 25.2 Å². The molecule has 1 amide bonds. The van der Waals surface area contributed by atoms with Gasteiger partial charge in [-0.2, -0.15) is 0 Å². The van der Waals surface area contributed by atoms with Gasteiger partial charge in [-0.15, -0.1) is 0 Å². The number of Topliss-reactive ketones (excluding diaryl/α,β-unsaturated/α-hetero) is 1. The lowest BCUT2D eigenvalue weighted by Crippen LogP contribution is -2.43. The molecule has 2 aliphatic rings. The number of rotatable bonds is 4. The molecule has 0 aromatic rings. The Morgan fingerprint density at radius 2 is 1.96 bits per heavy atom. The van der Waals surface area contributed by atoms with Gasteiger partial charge in [-0.1, -0.05) is 29.9 Å². The molecular formula is C20H27NO5. The fourth-order valence-electron chi connectivity index (χ4n) is 3.12. The van der Waals surface area contributed by atoms with Crippen LogP contribution in [0.2, 0.25) is 0 Å². The van der Waals surface area contributed by atoms with Gasteiger partial charge in [-0.3, -0.25) is 9.69 Å². The maximum Gasteiger partial charge on any atom is 0.411 e. The minimum absolute atomic E-state index is 0.0348. The predicted molar refractivity (Wildman–Crippen MR) is 97.7 cm³/mol. The molecule has 6 nitrogen and oxygen atoms in total. The van der Waals surface area contributed by atoms with Gasteiger partial charge in [-0.05, 0) is 46.5 Å². The van der Waals surface area contributed by atoms with Gasteiger partial charge in [0.2, 0.25) is 0 Å². The number of nitrogens with zero attached hydrogens (tertiary/aromatic N) is 1. The molecule has 0 saturated carbocycles. The predicted octanol–water partition coefficient (Wildman–Crippen LogP) is 3.49. The number of hydrogen-bond donors (Lipinski definition) is 1. The molecule has 1 heterocycles. The van der Waals surface area contributed by atoms with Gasteiger partial charge in [0.15, 0.2) is 5.78 Å². The van der Waals surface area contributed by atoms with Crippen LogP contribution in [0.25, 0.3) is 0 Å². The molecule has 2 atom stereocenters. The van der Waals surface area contributed by atoms with E-state index in [0.717, 1.165) is 6.42 Å². The Balaban J connectivity index is 2.06. The second kappa shape index (κ2) is 7.89. The van der Waals surface area contributed by atoms with Crippen LogP contribution in [0.4, 0.5) is 4.79 Å². The zero-order valence-corrected chi connectivity index (χ0v) is 15.8. The van der Waals surface area contributed by atoms with Crippen molar-refractivity contribution < 1.29 is 24.2 Å². The summed E-state index contributed by atoms with van der Waals surface area (Å²) in [4.78, 5) is 37.6. The van der Waals surface area contributed by atoms with Crippen molar-refractivity contribution >= 4 is 17.8 Å². The molecule has 1 aliphatic heterocycles. The first-order chi connectivity index (χ1) is 12.1. The molecular weight excluding hydrogens is 334 g/mol. The third-order valence-electron chi connectivity index (χ3n) is 4.38. The Kier molecular flexibility index (Phi) is 6.05. The van der Waals surface area contributed by atoms with E-state index in [1.165, 1.54) is 10.5 Å². The van der Waals surface area contributed by atoms with Crippen LogP contribution >= 0.6 is 0 Å². The summed E-state index contributed by atoms with van der Waals surface area (Å²) < 4.78 is 5.31. The highest BCUT2D eigenvalue weighted by atomic mass is 16.6. The molecule has 2 rings (SSSR count).